The summed E-state index contributed by atoms with van der Waals surface area (Å²) in [5.41, 5.74) is 0. The Morgan fingerprint density at radius 3 is 0.222 bits per heavy atom. The molecule has 0 aliphatic heterocycles. The molecule has 0 bridgehead atoms. The molecule has 0 aromatic carbocycles. The van der Waals surface area contributed by atoms with Gasteiger partial charge in [0.25, 0.3) is 0 Å². The molecule has 0 saturated carbocycles. The molecule has 0 aliphatic carbocycles. The summed E-state index contributed by atoms with van der Waals surface area (Å²) in [6.45, 7) is 0. The summed E-state index contributed by atoms with van der Waals surface area (Å²) in [5.74, 6) is 0. The van der Waals surface area contributed by atoms with Gasteiger partial charge in [0.2, 0.25) is 0 Å². The standard InChI is InChI=1S/7Cr.2Hf. The van der Waals surface area contributed by atoms with Gasteiger partial charge in [0, 0.05) is 173 Å². The van der Waals surface area contributed by atoms with Gasteiger partial charge in [-0.1, -0.05) is 0 Å². The van der Waals surface area contributed by atoms with Crippen LogP contribution in [0.5, 0.6) is 0 Å². The molecule has 0 aromatic rings. The van der Waals surface area contributed by atoms with E-state index in [1.165, 1.54) is 0 Å². The second kappa shape index (κ2) is 70.0. The van der Waals surface area contributed by atoms with E-state index in [0.29, 0.717) is 0 Å². The van der Waals surface area contributed by atoms with Gasteiger partial charge >= 0.3 is 0 Å². The first-order chi connectivity index (χ1) is 0. The molecule has 0 amide bonds. The van der Waals surface area contributed by atoms with Gasteiger partial charge in [0.1, 0.15) is 0 Å². The summed E-state index contributed by atoms with van der Waals surface area (Å²) in [6, 6.07) is 0. The molecule has 0 radical (unpaired) electrons. The fourth-order valence-electron chi connectivity index (χ4n) is 0. The predicted molar refractivity (Wildman–Crippen MR) is 0 cm³/mol. The van der Waals surface area contributed by atoms with Crippen LogP contribution in [0.15, 0.2) is 0 Å². The number of rotatable bonds is 0. The Hall–Kier alpha value is 5.47. The van der Waals surface area contributed by atoms with Crippen LogP contribution in [0, 0.1) is 0 Å². The third-order valence-electron chi connectivity index (χ3n) is 0. The first-order valence-corrected chi connectivity index (χ1v) is 0. The van der Waals surface area contributed by atoms with Crippen molar-refractivity contribution in [3.05, 3.63) is 0 Å². The quantitative estimate of drug-likeness (QED) is 0.309. The van der Waals surface area contributed by atoms with Crippen LogP contribution in [-0.4, -0.2) is 0 Å². The molecule has 0 fully saturated rings. The van der Waals surface area contributed by atoms with Crippen molar-refractivity contribution in [1.29, 1.82) is 0 Å². The summed E-state index contributed by atoms with van der Waals surface area (Å²) >= 11 is 0. The van der Waals surface area contributed by atoms with E-state index in [9.17, 15) is 0 Å². The predicted octanol–water partition coefficient (Wildman–Crippen LogP) is -0.0225. The molecule has 0 heterocycles. The fourth-order valence-corrected chi connectivity index (χ4v) is 0. The van der Waals surface area contributed by atoms with Crippen LogP contribution in [0.3, 0.4) is 0 Å². The van der Waals surface area contributed by atoms with Crippen molar-refractivity contribution in [1.82, 2.24) is 0 Å². The van der Waals surface area contributed by atoms with E-state index in [2.05, 4.69) is 0 Å². The average Bonchev–Trinajstić information content (AvgIpc) is 0. The van der Waals surface area contributed by atoms with Crippen LogP contribution < -0.4 is 0 Å². The van der Waals surface area contributed by atoms with Crippen molar-refractivity contribution in [2.45, 2.75) is 0 Å². The summed E-state index contributed by atoms with van der Waals surface area (Å²) in [7, 11) is 0. The fraction of sp³-hybridized carbons (Fsp3) is 0. The molecule has 0 aliphatic rings. The Bertz CT molecular complexity index is 6.88. The minimum absolute atomic E-state index is 0. The topological polar surface area (TPSA) is 0 Å². The smallest absolute Gasteiger partial charge is 0 e. The largest absolute Gasteiger partial charge is 0 e. The first-order valence-electron chi connectivity index (χ1n) is 0. The molecule has 0 rings (SSSR count). The van der Waals surface area contributed by atoms with Gasteiger partial charge in [0.15, 0.2) is 0 Å². The summed E-state index contributed by atoms with van der Waals surface area (Å²) < 4.78 is 0. The summed E-state index contributed by atoms with van der Waals surface area (Å²) in [6.07, 6.45) is 0. The zero-order valence-electron chi connectivity index (χ0n) is 3.86. The van der Waals surface area contributed by atoms with E-state index < -0.39 is 0 Å². The SMILES string of the molecule is [Cr].[Cr].[Cr].[Cr].[Cr].[Cr].[Cr].[Hf].[Hf]. The van der Waals surface area contributed by atoms with E-state index in [-0.39, 0.29) is 173 Å². The summed E-state index contributed by atoms with van der Waals surface area (Å²) in [4.78, 5) is 0. The minimum atomic E-state index is 0. The van der Waals surface area contributed by atoms with Gasteiger partial charge in [-0.05, 0) is 0 Å². The number of hydrogen-bond donors (Lipinski definition) is 0. The van der Waals surface area contributed by atoms with E-state index in [1.54, 1.807) is 0 Å². The minimum Gasteiger partial charge on any atom is 0 e. The van der Waals surface area contributed by atoms with E-state index >= 15 is 0 Å². The number of hydrogen-bond acceptors (Lipinski definition) is 0. The van der Waals surface area contributed by atoms with Gasteiger partial charge in [0.05, 0.1) is 0 Å². The van der Waals surface area contributed by atoms with Crippen molar-refractivity contribution >= 4 is 0 Å². The van der Waals surface area contributed by atoms with Crippen LogP contribution in [0.25, 0.3) is 0 Å². The molecule has 0 unspecified atom stereocenters. The monoisotopic (exact) mass is 723 g/mol. The van der Waals surface area contributed by atoms with Crippen LogP contribution in [0.1, 0.15) is 0 Å². The second-order valence-corrected chi connectivity index (χ2v) is 0. The first kappa shape index (κ1) is 87.8. The molecule has 0 spiro atoms. The Kier molecular flexibility index (Phi) is 683. The molecule has 0 aromatic heterocycles. The van der Waals surface area contributed by atoms with Gasteiger partial charge in [-0.25, -0.2) is 0 Å². The Morgan fingerprint density at radius 1 is 0.222 bits per heavy atom. The Morgan fingerprint density at radius 2 is 0.222 bits per heavy atom. The second-order valence-electron chi connectivity index (χ2n) is 0. The molecule has 0 saturated heterocycles. The van der Waals surface area contributed by atoms with E-state index in [0.717, 1.165) is 0 Å². The molecular weight excluding hydrogens is 721 g/mol. The van der Waals surface area contributed by atoms with Gasteiger partial charge < -0.3 is 0 Å². The maximum atomic E-state index is 0. The zero-order valence-corrected chi connectivity index (χ0v) is 20.0. The van der Waals surface area contributed by atoms with E-state index in [1.807, 2.05) is 0 Å². The van der Waals surface area contributed by atoms with Crippen LogP contribution in [0.4, 0.5) is 0 Å². The Labute approximate surface area is 169 Å². The third kappa shape index (κ3) is 59.2. The van der Waals surface area contributed by atoms with Crippen LogP contribution in [-0.2, 0) is 173 Å². The zero-order chi connectivity index (χ0) is 0. The van der Waals surface area contributed by atoms with Gasteiger partial charge in [-0.2, -0.15) is 0 Å². The van der Waals surface area contributed by atoms with Crippen LogP contribution in [0.2, 0.25) is 0 Å². The van der Waals surface area contributed by atoms with Crippen molar-refractivity contribution in [3.63, 3.8) is 0 Å². The molecular formula is Cr7Hf2. The molecule has 0 nitrogen and oxygen atoms in total. The average molecular weight is 721 g/mol. The van der Waals surface area contributed by atoms with Crippen molar-refractivity contribution in [3.8, 4) is 0 Å². The molecule has 50 valence electrons. The summed E-state index contributed by atoms with van der Waals surface area (Å²) in [5, 5.41) is 0. The molecule has 9 heteroatoms. The molecule has 0 N–H and O–H groups in total. The molecule has 0 atom stereocenters. The van der Waals surface area contributed by atoms with Gasteiger partial charge in [-0.15, -0.1) is 0 Å². The van der Waals surface area contributed by atoms with Crippen LogP contribution >= 0.6 is 0 Å². The Balaban J connectivity index is 0. The normalized spacial score (nSPS) is 0. The maximum Gasteiger partial charge on any atom is 0 e. The third-order valence-corrected chi connectivity index (χ3v) is 0. The van der Waals surface area contributed by atoms with Crippen molar-refractivity contribution in [2.24, 2.45) is 0 Å². The van der Waals surface area contributed by atoms with Crippen molar-refractivity contribution in [2.75, 3.05) is 0 Å². The van der Waals surface area contributed by atoms with Crippen molar-refractivity contribution < 1.29 is 173 Å². The maximum absolute atomic E-state index is 0. The molecule has 9 heavy (non-hydrogen) atoms. The van der Waals surface area contributed by atoms with E-state index in [4.69, 9.17) is 0 Å². The van der Waals surface area contributed by atoms with Gasteiger partial charge in [-0.3, -0.25) is 0 Å².